The fraction of sp³-hybridized carbons (Fsp3) is 0. The van der Waals surface area contributed by atoms with E-state index in [4.69, 9.17) is 30.0 Å². The van der Waals surface area contributed by atoms with Gasteiger partial charge in [-0.15, -0.1) is 0 Å². The number of carboxylic acid groups (broad SMARTS) is 4. The summed E-state index contributed by atoms with van der Waals surface area (Å²) in [6.07, 6.45) is -3.67. The van der Waals surface area contributed by atoms with Crippen molar-refractivity contribution in [2.75, 3.05) is 0 Å². The van der Waals surface area contributed by atoms with Gasteiger partial charge in [0.25, 0.3) is 0 Å². The van der Waals surface area contributed by atoms with Crippen molar-refractivity contribution in [3.63, 3.8) is 0 Å². The maximum absolute atomic E-state index is 8.56. The van der Waals surface area contributed by atoms with Gasteiger partial charge in [0.2, 0.25) is 0 Å². The van der Waals surface area contributed by atoms with Crippen LogP contribution in [-0.2, 0) is 0 Å². The zero-order valence-electron chi connectivity index (χ0n) is 60.5. The maximum Gasteiger partial charge on any atom is 2.00 e. The van der Waals surface area contributed by atoms with E-state index < -0.39 is 12.3 Å². The van der Waals surface area contributed by atoms with Gasteiger partial charge in [-0.3, -0.25) is 0 Å². The molecule has 0 amide bonds. The predicted molar refractivity (Wildman–Crippen MR) is 189 cm³/mol. The van der Waals surface area contributed by atoms with Gasteiger partial charge >= 0.3 is 805 Å². The average molecular weight is 1010 g/mol. The summed E-state index contributed by atoms with van der Waals surface area (Å²) in [4.78, 5) is 17.1. The topological polar surface area (TPSA) is 115 Å². The Bertz CT molecular complexity index is 158. The molecule has 0 fully saturated rings. The summed E-state index contributed by atoms with van der Waals surface area (Å²) in [6.45, 7) is 0. The molecule has 0 spiro atoms. The van der Waals surface area contributed by atoms with Gasteiger partial charge in [-0.05, 0) is 0 Å². The predicted octanol–water partition coefficient (Wildman–Crippen LogP) is -2.83. The van der Waals surface area contributed by atoms with Crippen molar-refractivity contribution < 1.29 is 89.9 Å². The van der Waals surface area contributed by atoms with Crippen LogP contribution < -0.4 is 0 Å². The second-order valence-corrected chi connectivity index (χ2v) is 0.565. The molecule has 0 aliphatic heterocycles. The molecule has 0 unspecified atom stereocenters. The third kappa shape index (κ3) is 221. The molecule has 0 atom stereocenters. The first-order chi connectivity index (χ1) is 3.46. The fourth-order valence-electron chi connectivity index (χ4n) is 0. The van der Waals surface area contributed by atoms with E-state index in [1.165, 1.54) is 0 Å². The third-order valence-electron chi connectivity index (χ3n) is 0. The second-order valence-electron chi connectivity index (χ2n) is 0.565. The van der Waals surface area contributed by atoms with Crippen LogP contribution in [0.25, 0.3) is 0 Å². The van der Waals surface area contributed by atoms with Crippen molar-refractivity contribution in [2.24, 2.45) is 0 Å². The van der Waals surface area contributed by atoms with E-state index in [1.807, 2.05) is 0 Å². The molecule has 0 rings (SSSR count). The minimum absolute atomic E-state index is 0. The molecule has 0 bridgehead atoms. The van der Waals surface area contributed by atoms with E-state index >= 15 is 0 Å². The molecule has 0 aromatic carbocycles. The summed E-state index contributed by atoms with van der Waals surface area (Å²) in [7, 11) is 0. The van der Waals surface area contributed by atoms with E-state index in [0.717, 1.165) is 0 Å². The molecule has 0 aromatic rings. The zero-order chi connectivity index (χ0) is 7.15. The molecule has 0 aliphatic rings. The van der Waals surface area contributed by atoms with Crippen LogP contribution in [0, 0.1) is 0 Å². The summed E-state index contributed by atoms with van der Waals surface area (Å²) in [5.41, 5.74) is 0. The van der Waals surface area contributed by atoms with Gasteiger partial charge < -0.3 is 80.3 Å². The van der Waals surface area contributed by atoms with Crippen LogP contribution in [0.3, 0.4) is 0 Å². The first kappa shape index (κ1) is 158. The SMILES string of the molecule is O=C(O)O.O=C(O)O.[Ca+2].[Ca+2].[Ca+2].[Ca+2].[Ca+2].[Ca+2].[Ca+2].[Ca+2].[Ca+2].[Ca+2].[Ca+2].[Ca+2].[Ca+2].[Ca+2].[Ca+2].[Ca+2].[Ca+2].[Ca+2].[Ca+2].[Ca+2].[Ca+2].[H-].[H-].[H-].[H-].[H-].[H-].[H-].[H-].[H-].[H-].[H-].[H-].[H-].[H-].[H-].[H-].[H-].[H-].[H-].[H-].[H-].[H-].[H-].[H-].[H-].[H-].[H-].[H-].[H-].[H-].[H-].[H-].[H-].[H-].[H-].[H-].[H-].[H-].[H-].[H-].[H-].[H-]. The Morgan fingerprint density at radius 3 is 0.276 bits per heavy atom. The van der Waals surface area contributed by atoms with E-state index in [0.29, 0.717) is 0 Å². The molecule has 0 radical (unpaired) electrons. The number of carbonyl (C=O) groups is 2. The summed E-state index contributed by atoms with van der Waals surface area (Å²) in [6, 6.07) is 0. The fourth-order valence-corrected chi connectivity index (χ4v) is 0. The van der Waals surface area contributed by atoms with Crippen LogP contribution >= 0.6 is 0 Å². The van der Waals surface area contributed by atoms with E-state index in [2.05, 4.69) is 0 Å². The van der Waals surface area contributed by atoms with Gasteiger partial charge in [-0.2, -0.15) is 0 Å². The molecule has 0 saturated heterocycles. The number of hydrogen-bond donors (Lipinski definition) is 4. The molecule has 0 heterocycles. The average Bonchev–Trinajstić information content (AvgIpc) is 1.25. The Labute approximate surface area is 864 Å². The monoisotopic (exact) mass is 1010 g/mol. The Morgan fingerprint density at radius 2 is 0.276 bits per heavy atom. The van der Waals surface area contributed by atoms with Crippen molar-refractivity contribution in [2.45, 2.75) is 0 Å². The molecule has 4 N–H and O–H groups in total. The maximum atomic E-state index is 8.56. The first-order valence-corrected chi connectivity index (χ1v) is 1.30. The molecule has 132 valence electrons. The van der Waals surface area contributed by atoms with E-state index in [1.54, 1.807) is 0 Å². The third-order valence-corrected chi connectivity index (χ3v) is 0. The van der Waals surface area contributed by atoms with Crippen LogP contribution in [-0.4, -0.2) is 825 Å². The molecular formula is C2H46Ca21O6. The normalized spacial score (nSPS) is 1.66. The van der Waals surface area contributed by atoms with Crippen LogP contribution in [0.2, 0.25) is 0 Å². The van der Waals surface area contributed by atoms with Gasteiger partial charge in [0.05, 0.1) is 0 Å². The first-order valence-electron chi connectivity index (χ1n) is 1.30. The zero-order valence-corrected chi connectivity index (χ0v) is 64.8. The van der Waals surface area contributed by atoms with Crippen molar-refractivity contribution in [3.8, 4) is 0 Å². The van der Waals surface area contributed by atoms with Gasteiger partial charge in [0.1, 0.15) is 0 Å². The van der Waals surface area contributed by atoms with Gasteiger partial charge in [-0.25, -0.2) is 9.59 Å². The smallest absolute Gasteiger partial charge is 1.00 e. The molecule has 29 heavy (non-hydrogen) atoms. The van der Waals surface area contributed by atoms with Crippen LogP contribution in [0.4, 0.5) is 9.59 Å². The Hall–Kier alpha value is 25.0. The molecular weight excluding hydrogens is 962 g/mol. The molecule has 27 heteroatoms. The van der Waals surface area contributed by atoms with Crippen LogP contribution in [0.15, 0.2) is 0 Å². The Morgan fingerprint density at radius 1 is 0.276 bits per heavy atom. The van der Waals surface area contributed by atoms with Gasteiger partial charge in [0.15, 0.2) is 0 Å². The molecule has 0 saturated carbocycles. The quantitative estimate of drug-likeness (QED) is 0.195. The van der Waals surface area contributed by atoms with Crippen molar-refractivity contribution in [1.82, 2.24) is 0 Å². The Balaban J connectivity index is -0.0000000000853. The summed E-state index contributed by atoms with van der Waals surface area (Å²) >= 11 is 0. The number of hydrogen-bond acceptors (Lipinski definition) is 2. The van der Waals surface area contributed by atoms with Gasteiger partial charge in [-0.1, -0.05) is 0 Å². The van der Waals surface area contributed by atoms with Crippen molar-refractivity contribution >= 4 is 805 Å². The molecule has 6 nitrogen and oxygen atoms in total. The standard InChI is InChI=1S/2CH2O3.21Ca.42H/c2*2-1(3)4;;;;;;;;;;;;;;;;;;;;;;;;;;;;;;;;;;;;;;;;;;;;;;;;;;;;;;;;;;;;;;;/h2*(H2,2,3,4);;;;;;;;;;;;;;;;;;;;;;;;;;;;;;;;;;;;;;;;;;;;;;;;;;;;;;;;;;;;;;;/q;;21*+2;42*-1. The van der Waals surface area contributed by atoms with E-state index in [9.17, 15) is 0 Å². The number of rotatable bonds is 0. The van der Waals surface area contributed by atoms with Crippen molar-refractivity contribution in [3.05, 3.63) is 0 Å². The summed E-state index contributed by atoms with van der Waals surface area (Å²) < 4.78 is 0. The van der Waals surface area contributed by atoms with E-state index in [-0.39, 0.29) is 852 Å². The summed E-state index contributed by atoms with van der Waals surface area (Å²) in [5.74, 6) is 0. The van der Waals surface area contributed by atoms with Crippen LogP contribution in [0.5, 0.6) is 0 Å². The minimum Gasteiger partial charge on any atom is -1.00 e. The summed E-state index contributed by atoms with van der Waals surface area (Å²) in [5, 5.41) is 27.9. The largest absolute Gasteiger partial charge is 2.00 e. The van der Waals surface area contributed by atoms with Crippen molar-refractivity contribution in [1.29, 1.82) is 0 Å². The molecule has 0 aliphatic carbocycles. The minimum atomic E-state index is -1.83. The van der Waals surface area contributed by atoms with Crippen LogP contribution in [0.1, 0.15) is 59.9 Å². The molecule has 0 aromatic heterocycles. The van der Waals surface area contributed by atoms with Gasteiger partial charge in [0, 0.05) is 0 Å². The Kier molecular flexibility index (Phi) is 812. The second kappa shape index (κ2) is 149.